The first-order chi connectivity index (χ1) is 20.6. The molecule has 0 spiro atoms. The quantitative estimate of drug-likeness (QED) is 0.262. The number of nitrogens with one attached hydrogen (secondary N) is 2. The Morgan fingerprint density at radius 1 is 1.07 bits per heavy atom. The average Bonchev–Trinajstić information content (AvgIpc) is 3.00. The molecule has 3 aromatic carbocycles. The number of rotatable bonds is 10. The van der Waals surface area contributed by atoms with Crippen LogP contribution in [0.25, 0.3) is 11.1 Å². The number of carbonyl (C=O) groups excluding carboxylic acids is 2. The number of benzene rings is 3. The predicted molar refractivity (Wildman–Crippen MR) is 158 cm³/mol. The molecule has 2 atom stereocenters. The second-order valence-electron chi connectivity index (χ2n) is 11.0. The summed E-state index contributed by atoms with van der Waals surface area (Å²) in [6.45, 7) is 2.81. The molecule has 1 aliphatic heterocycles. The van der Waals surface area contributed by atoms with Gasteiger partial charge < -0.3 is 25.4 Å². The van der Waals surface area contributed by atoms with Crippen molar-refractivity contribution in [3.8, 4) is 11.1 Å². The number of likely N-dealkylation sites (tertiary alicyclic amines) is 1. The molecule has 1 saturated heterocycles. The zero-order valence-corrected chi connectivity index (χ0v) is 24.7. The van der Waals surface area contributed by atoms with Crippen LogP contribution in [0.5, 0.6) is 0 Å². The molecule has 0 aromatic heterocycles. The molecular formula is C33H38F3N3O4. The standard InChI is InChI=1S/C33H38F3N3O4/c1-21-10-13-27(34)25(17-21)30-26(8-4-9-28(30)35)33(42,14-6-15-38-32(41)43-3)23-7-5-16-39(20-23)31(40)24-12-11-22(19-37-2)18-29(24)36/h4,8-13,17-18,23,37,42H,5-7,14-16,19-20H2,1-3H3,(H,38,41)/t23-,33+/m1/s1. The van der Waals surface area contributed by atoms with E-state index in [-0.39, 0.29) is 48.2 Å². The van der Waals surface area contributed by atoms with Crippen LogP contribution >= 0.6 is 0 Å². The lowest BCUT2D eigenvalue weighted by molar-refractivity contribution is -0.0565. The minimum atomic E-state index is -1.72. The van der Waals surface area contributed by atoms with Crippen molar-refractivity contribution < 1.29 is 32.6 Å². The Hall–Kier alpha value is -3.89. The van der Waals surface area contributed by atoms with E-state index in [1.165, 1.54) is 48.4 Å². The first-order valence-corrected chi connectivity index (χ1v) is 14.4. The summed E-state index contributed by atoms with van der Waals surface area (Å²) in [7, 11) is 2.99. The lowest BCUT2D eigenvalue weighted by Crippen LogP contribution is -2.48. The lowest BCUT2D eigenvalue weighted by Gasteiger charge is -2.43. The van der Waals surface area contributed by atoms with Gasteiger partial charge in [0.25, 0.3) is 5.91 Å². The van der Waals surface area contributed by atoms with Crippen LogP contribution in [0.4, 0.5) is 18.0 Å². The third-order valence-corrected chi connectivity index (χ3v) is 8.09. The maximum Gasteiger partial charge on any atom is 0.406 e. The molecule has 1 heterocycles. The molecule has 4 rings (SSSR count). The maximum atomic E-state index is 15.6. The SMILES string of the molecule is CNCc1ccc(C(=O)N2CCC[C@@H]([C@@](O)(CCCNC(=O)OC)c3cccc(F)c3-c3cc(C)ccc3F)C2)c(F)c1. The largest absolute Gasteiger partial charge is 0.453 e. The van der Waals surface area contributed by atoms with E-state index < -0.39 is 41.0 Å². The van der Waals surface area contributed by atoms with Gasteiger partial charge in [0.1, 0.15) is 17.5 Å². The Morgan fingerprint density at radius 3 is 2.58 bits per heavy atom. The van der Waals surface area contributed by atoms with Crippen molar-refractivity contribution in [3.05, 3.63) is 94.3 Å². The number of hydrogen-bond acceptors (Lipinski definition) is 5. The molecule has 0 unspecified atom stereocenters. The Bertz CT molecular complexity index is 1470. The van der Waals surface area contributed by atoms with Crippen LogP contribution in [0.3, 0.4) is 0 Å². The van der Waals surface area contributed by atoms with Crippen LogP contribution in [0, 0.1) is 30.3 Å². The van der Waals surface area contributed by atoms with Crippen molar-refractivity contribution in [2.24, 2.45) is 5.92 Å². The number of aryl methyl sites for hydroxylation is 1. The number of amides is 2. The molecule has 2 amide bonds. The minimum Gasteiger partial charge on any atom is -0.453 e. The topological polar surface area (TPSA) is 90.9 Å². The fraction of sp³-hybridized carbons (Fsp3) is 0.394. The van der Waals surface area contributed by atoms with Crippen molar-refractivity contribution in [2.45, 2.75) is 44.8 Å². The van der Waals surface area contributed by atoms with Crippen molar-refractivity contribution in [1.82, 2.24) is 15.5 Å². The van der Waals surface area contributed by atoms with Gasteiger partial charge in [-0.25, -0.2) is 18.0 Å². The zero-order valence-electron chi connectivity index (χ0n) is 24.7. The van der Waals surface area contributed by atoms with E-state index in [0.29, 0.717) is 37.1 Å². The summed E-state index contributed by atoms with van der Waals surface area (Å²) in [4.78, 5) is 26.7. The van der Waals surface area contributed by atoms with Gasteiger partial charge in [0.05, 0.1) is 18.3 Å². The highest BCUT2D eigenvalue weighted by atomic mass is 19.1. The molecule has 0 aliphatic carbocycles. The van der Waals surface area contributed by atoms with Gasteiger partial charge in [0.15, 0.2) is 0 Å². The van der Waals surface area contributed by atoms with E-state index in [9.17, 15) is 19.1 Å². The molecule has 0 bridgehead atoms. The summed E-state index contributed by atoms with van der Waals surface area (Å²) in [6, 6.07) is 13.1. The zero-order chi connectivity index (χ0) is 31.1. The fourth-order valence-corrected chi connectivity index (χ4v) is 5.94. The smallest absolute Gasteiger partial charge is 0.406 e. The van der Waals surface area contributed by atoms with Gasteiger partial charge in [-0.2, -0.15) is 0 Å². The van der Waals surface area contributed by atoms with Gasteiger partial charge in [-0.05, 0) is 81.1 Å². The minimum absolute atomic E-state index is 0.0201. The third kappa shape index (κ3) is 7.19. The van der Waals surface area contributed by atoms with Crippen molar-refractivity contribution in [1.29, 1.82) is 0 Å². The van der Waals surface area contributed by atoms with Gasteiger partial charge in [-0.15, -0.1) is 0 Å². The number of methoxy groups -OCH3 is 1. The van der Waals surface area contributed by atoms with E-state index in [4.69, 9.17) is 0 Å². The molecule has 10 heteroatoms. The normalized spacial score (nSPS) is 16.4. The summed E-state index contributed by atoms with van der Waals surface area (Å²) >= 11 is 0. The number of carbonyl (C=O) groups is 2. The van der Waals surface area contributed by atoms with Crippen molar-refractivity contribution in [3.63, 3.8) is 0 Å². The average molecular weight is 598 g/mol. The lowest BCUT2D eigenvalue weighted by atomic mass is 9.72. The number of aliphatic hydroxyl groups is 1. The third-order valence-electron chi connectivity index (χ3n) is 8.09. The van der Waals surface area contributed by atoms with Crippen molar-refractivity contribution in [2.75, 3.05) is 33.8 Å². The number of ether oxygens (including phenoxy) is 1. The van der Waals surface area contributed by atoms with E-state index in [1.807, 2.05) is 0 Å². The van der Waals surface area contributed by atoms with Crippen LogP contribution in [-0.2, 0) is 16.9 Å². The molecule has 1 fully saturated rings. The maximum absolute atomic E-state index is 15.6. The van der Waals surface area contributed by atoms with Crippen LogP contribution in [-0.4, -0.2) is 55.8 Å². The molecule has 7 nitrogen and oxygen atoms in total. The van der Waals surface area contributed by atoms with Crippen LogP contribution in [0.2, 0.25) is 0 Å². The molecule has 0 radical (unpaired) electrons. The molecule has 0 saturated carbocycles. The Balaban J connectivity index is 1.72. The summed E-state index contributed by atoms with van der Waals surface area (Å²) in [6.07, 6.45) is 0.724. The first kappa shape index (κ1) is 32.0. The van der Waals surface area contributed by atoms with Crippen molar-refractivity contribution >= 4 is 12.0 Å². The van der Waals surface area contributed by atoms with E-state index >= 15 is 8.78 Å². The van der Waals surface area contributed by atoms with Crippen LogP contribution < -0.4 is 10.6 Å². The van der Waals surface area contributed by atoms with Gasteiger partial charge in [-0.1, -0.05) is 29.8 Å². The van der Waals surface area contributed by atoms with E-state index in [1.54, 1.807) is 32.2 Å². The molecule has 1 aliphatic rings. The molecule has 3 N–H and O–H groups in total. The number of piperidine rings is 1. The van der Waals surface area contributed by atoms with Gasteiger partial charge in [0.2, 0.25) is 0 Å². The molecule has 3 aromatic rings. The summed E-state index contributed by atoms with van der Waals surface area (Å²) in [5.41, 5.74) is -0.219. The monoisotopic (exact) mass is 597 g/mol. The summed E-state index contributed by atoms with van der Waals surface area (Å²) < 4.78 is 50.3. The molecule has 43 heavy (non-hydrogen) atoms. The van der Waals surface area contributed by atoms with E-state index in [2.05, 4.69) is 15.4 Å². The molecular weight excluding hydrogens is 559 g/mol. The van der Waals surface area contributed by atoms with E-state index in [0.717, 1.165) is 0 Å². The second kappa shape index (κ2) is 14.1. The highest BCUT2D eigenvalue weighted by Gasteiger charge is 2.43. The highest BCUT2D eigenvalue weighted by molar-refractivity contribution is 5.94. The van der Waals surface area contributed by atoms with Gasteiger partial charge >= 0.3 is 6.09 Å². The number of hydrogen-bond donors (Lipinski definition) is 3. The second-order valence-corrected chi connectivity index (χ2v) is 11.0. The van der Waals surface area contributed by atoms with Crippen LogP contribution in [0.1, 0.15) is 52.7 Å². The summed E-state index contributed by atoms with van der Waals surface area (Å²) in [5, 5.41) is 18.1. The summed E-state index contributed by atoms with van der Waals surface area (Å²) in [5.74, 6) is -3.06. The van der Waals surface area contributed by atoms with Crippen LogP contribution in [0.15, 0.2) is 54.6 Å². The highest BCUT2D eigenvalue weighted by Crippen LogP contribution is 2.45. The van der Waals surface area contributed by atoms with Gasteiger partial charge in [-0.3, -0.25) is 4.79 Å². The fourth-order valence-electron chi connectivity index (χ4n) is 5.94. The Kier molecular flexibility index (Phi) is 10.5. The van der Waals surface area contributed by atoms with Gasteiger partial charge in [0, 0.05) is 43.2 Å². The Labute approximate surface area is 250 Å². The predicted octanol–water partition coefficient (Wildman–Crippen LogP) is 5.67. The molecule has 230 valence electrons. The number of nitrogens with zero attached hydrogens (tertiary/aromatic N) is 1. The number of alkyl carbamates (subject to hydrolysis) is 1. The number of halogens is 3. The Morgan fingerprint density at radius 2 is 1.86 bits per heavy atom. The first-order valence-electron chi connectivity index (χ1n) is 14.4.